The maximum atomic E-state index is 13.1. The Hall–Kier alpha value is -2.35. The normalized spacial score (nSPS) is 16.0. The highest BCUT2D eigenvalue weighted by Crippen LogP contribution is 2.22. The van der Waals surface area contributed by atoms with Crippen molar-refractivity contribution in [1.29, 1.82) is 0 Å². The molecular weight excluding hydrogens is 282 g/mol. The number of carbonyl (C=O) groups is 1. The number of benzene rings is 2. The molecule has 0 aliphatic carbocycles. The largest absolute Gasteiger partial charge is 0.339 e. The van der Waals surface area contributed by atoms with Crippen LogP contribution in [0.2, 0.25) is 0 Å². The molecule has 0 saturated carbocycles. The average molecular weight is 305 g/mol. The maximum Gasteiger partial charge on any atom is 0.254 e. The van der Waals surface area contributed by atoms with Gasteiger partial charge in [-0.15, -0.1) is 0 Å². The summed E-state index contributed by atoms with van der Waals surface area (Å²) in [7, 11) is 0. The van der Waals surface area contributed by atoms with Crippen molar-refractivity contribution in [3.05, 3.63) is 71.8 Å². The van der Waals surface area contributed by atoms with E-state index in [0.29, 0.717) is 0 Å². The summed E-state index contributed by atoms with van der Waals surface area (Å²) in [4.78, 5) is 15.1. The number of amides is 1. The Labute approximate surface area is 138 Å². The van der Waals surface area contributed by atoms with E-state index in [-0.39, 0.29) is 5.91 Å². The van der Waals surface area contributed by atoms with Crippen LogP contribution in [0.5, 0.6) is 0 Å². The lowest BCUT2D eigenvalue weighted by atomic mass is 10.0. The highest BCUT2D eigenvalue weighted by atomic mass is 16.2. The first kappa shape index (κ1) is 15.5. The molecule has 23 heavy (non-hydrogen) atoms. The molecule has 3 rings (SSSR count). The van der Waals surface area contributed by atoms with Gasteiger partial charge in [-0.3, -0.25) is 4.79 Å². The summed E-state index contributed by atoms with van der Waals surface area (Å²) in [6, 6.07) is 20.1. The summed E-state index contributed by atoms with van der Waals surface area (Å²) in [5, 5.41) is 0. The Morgan fingerprint density at radius 2 is 1.35 bits per heavy atom. The Bertz CT molecular complexity index is 653. The minimum Gasteiger partial charge on any atom is -0.339 e. The van der Waals surface area contributed by atoms with Crippen molar-refractivity contribution in [3.8, 4) is 0 Å². The van der Waals surface area contributed by atoms with E-state index in [9.17, 15) is 4.79 Å². The molecular formula is C21H23NO. The van der Waals surface area contributed by atoms with Crippen LogP contribution >= 0.6 is 0 Å². The number of nitrogens with zero attached hydrogens (tertiary/aromatic N) is 1. The van der Waals surface area contributed by atoms with E-state index < -0.39 is 0 Å². The van der Waals surface area contributed by atoms with Gasteiger partial charge in [-0.2, -0.15) is 0 Å². The lowest BCUT2D eigenvalue weighted by Gasteiger charge is -2.22. The summed E-state index contributed by atoms with van der Waals surface area (Å²) in [5.41, 5.74) is 2.85. The summed E-state index contributed by atoms with van der Waals surface area (Å²) < 4.78 is 0. The third kappa shape index (κ3) is 4.10. The summed E-state index contributed by atoms with van der Waals surface area (Å²) in [6.07, 6.45) is 6.69. The van der Waals surface area contributed by atoms with Gasteiger partial charge in [0.05, 0.1) is 0 Å². The van der Waals surface area contributed by atoms with E-state index in [0.717, 1.165) is 42.6 Å². The van der Waals surface area contributed by atoms with Crippen LogP contribution in [-0.2, 0) is 4.79 Å². The molecule has 0 N–H and O–H groups in total. The quantitative estimate of drug-likeness (QED) is 0.598. The molecule has 1 amide bonds. The zero-order valence-corrected chi connectivity index (χ0v) is 13.4. The molecule has 0 bridgehead atoms. The predicted octanol–water partition coefficient (Wildman–Crippen LogP) is 4.63. The van der Waals surface area contributed by atoms with Gasteiger partial charge in [0.2, 0.25) is 0 Å². The van der Waals surface area contributed by atoms with Crippen LogP contribution < -0.4 is 0 Å². The van der Waals surface area contributed by atoms with Crippen molar-refractivity contribution in [1.82, 2.24) is 4.90 Å². The second kappa shape index (κ2) is 7.77. The molecule has 0 unspecified atom stereocenters. The second-order valence-corrected chi connectivity index (χ2v) is 6.04. The lowest BCUT2D eigenvalue weighted by Crippen LogP contribution is -2.32. The molecule has 1 heterocycles. The Morgan fingerprint density at radius 1 is 0.783 bits per heavy atom. The van der Waals surface area contributed by atoms with Crippen molar-refractivity contribution in [2.75, 3.05) is 13.1 Å². The van der Waals surface area contributed by atoms with Crippen LogP contribution in [0.4, 0.5) is 0 Å². The number of rotatable bonds is 3. The Kier molecular flexibility index (Phi) is 5.25. The van der Waals surface area contributed by atoms with Crippen LogP contribution in [0.1, 0.15) is 36.8 Å². The molecule has 2 heteroatoms. The molecule has 0 radical (unpaired) electrons. The van der Waals surface area contributed by atoms with Gasteiger partial charge in [0.25, 0.3) is 5.91 Å². The van der Waals surface area contributed by atoms with Gasteiger partial charge in [0.15, 0.2) is 0 Å². The molecule has 0 aromatic heterocycles. The van der Waals surface area contributed by atoms with E-state index in [4.69, 9.17) is 0 Å². The van der Waals surface area contributed by atoms with Gasteiger partial charge in [-0.05, 0) is 30.0 Å². The minimum absolute atomic E-state index is 0.155. The van der Waals surface area contributed by atoms with E-state index in [1.165, 1.54) is 12.8 Å². The van der Waals surface area contributed by atoms with Crippen LogP contribution in [0.15, 0.2) is 60.7 Å². The lowest BCUT2D eigenvalue weighted by molar-refractivity contribution is -0.124. The molecule has 1 aliphatic rings. The van der Waals surface area contributed by atoms with Crippen molar-refractivity contribution in [2.24, 2.45) is 0 Å². The topological polar surface area (TPSA) is 20.3 Å². The Morgan fingerprint density at radius 3 is 1.96 bits per heavy atom. The fourth-order valence-electron chi connectivity index (χ4n) is 3.05. The highest BCUT2D eigenvalue weighted by molar-refractivity contribution is 6.24. The monoisotopic (exact) mass is 305 g/mol. The summed E-state index contributed by atoms with van der Waals surface area (Å²) >= 11 is 0. The smallest absolute Gasteiger partial charge is 0.254 e. The van der Waals surface area contributed by atoms with Gasteiger partial charge in [0.1, 0.15) is 0 Å². The van der Waals surface area contributed by atoms with E-state index in [2.05, 4.69) is 0 Å². The summed E-state index contributed by atoms with van der Waals surface area (Å²) in [5.74, 6) is 0.155. The first-order chi connectivity index (χ1) is 11.3. The van der Waals surface area contributed by atoms with Crippen LogP contribution in [0, 0.1) is 0 Å². The van der Waals surface area contributed by atoms with Gasteiger partial charge >= 0.3 is 0 Å². The van der Waals surface area contributed by atoms with Gasteiger partial charge in [0, 0.05) is 18.7 Å². The van der Waals surface area contributed by atoms with Crippen molar-refractivity contribution in [3.63, 3.8) is 0 Å². The number of carbonyl (C=O) groups excluding carboxylic acids is 1. The van der Waals surface area contributed by atoms with Gasteiger partial charge < -0.3 is 4.90 Å². The predicted molar refractivity (Wildman–Crippen MR) is 95.8 cm³/mol. The van der Waals surface area contributed by atoms with E-state index in [1.54, 1.807) is 0 Å². The SMILES string of the molecule is O=C(/C(=C\c1ccccc1)c1ccccc1)N1CCCCCC1. The van der Waals surface area contributed by atoms with Gasteiger partial charge in [-0.25, -0.2) is 0 Å². The number of likely N-dealkylation sites (tertiary alicyclic amines) is 1. The van der Waals surface area contributed by atoms with Crippen LogP contribution in [-0.4, -0.2) is 23.9 Å². The number of hydrogen-bond acceptors (Lipinski definition) is 1. The van der Waals surface area contributed by atoms with Crippen molar-refractivity contribution >= 4 is 17.6 Å². The van der Waals surface area contributed by atoms with Crippen molar-refractivity contribution in [2.45, 2.75) is 25.7 Å². The minimum atomic E-state index is 0.155. The van der Waals surface area contributed by atoms with Crippen LogP contribution in [0.25, 0.3) is 11.6 Å². The Balaban J connectivity index is 1.95. The fraction of sp³-hybridized carbons (Fsp3) is 0.286. The number of hydrogen-bond donors (Lipinski definition) is 0. The molecule has 2 aromatic carbocycles. The second-order valence-electron chi connectivity index (χ2n) is 6.04. The zero-order valence-electron chi connectivity index (χ0n) is 13.4. The molecule has 1 fully saturated rings. The van der Waals surface area contributed by atoms with E-state index in [1.807, 2.05) is 71.6 Å². The molecule has 1 saturated heterocycles. The van der Waals surface area contributed by atoms with E-state index >= 15 is 0 Å². The molecule has 2 aromatic rings. The van der Waals surface area contributed by atoms with Gasteiger partial charge in [-0.1, -0.05) is 73.5 Å². The third-order valence-corrected chi connectivity index (χ3v) is 4.32. The highest BCUT2D eigenvalue weighted by Gasteiger charge is 2.20. The zero-order chi connectivity index (χ0) is 15.9. The standard InChI is InChI=1S/C21H23NO/c23-21(22-15-9-1-2-10-16-22)20(19-13-7-4-8-14-19)17-18-11-5-3-6-12-18/h3-8,11-14,17H,1-2,9-10,15-16H2/b20-17-. The third-order valence-electron chi connectivity index (χ3n) is 4.32. The molecule has 1 aliphatic heterocycles. The van der Waals surface area contributed by atoms with Crippen molar-refractivity contribution < 1.29 is 4.79 Å². The molecule has 118 valence electrons. The molecule has 0 spiro atoms. The molecule has 0 atom stereocenters. The molecule has 2 nitrogen and oxygen atoms in total. The van der Waals surface area contributed by atoms with Crippen LogP contribution in [0.3, 0.4) is 0 Å². The first-order valence-electron chi connectivity index (χ1n) is 8.46. The average Bonchev–Trinajstić information content (AvgIpc) is 2.90. The first-order valence-corrected chi connectivity index (χ1v) is 8.46. The fourth-order valence-corrected chi connectivity index (χ4v) is 3.05. The maximum absolute atomic E-state index is 13.1. The summed E-state index contributed by atoms with van der Waals surface area (Å²) in [6.45, 7) is 1.75.